The Morgan fingerprint density at radius 2 is 2.25 bits per heavy atom. The summed E-state index contributed by atoms with van der Waals surface area (Å²) >= 11 is 5.91. The monoisotopic (exact) mass is 236 g/mol. The summed E-state index contributed by atoms with van der Waals surface area (Å²) < 4.78 is 7.61. The van der Waals surface area contributed by atoms with E-state index < -0.39 is 0 Å². The number of hydrogen-bond donors (Lipinski definition) is 0. The van der Waals surface area contributed by atoms with E-state index in [1.807, 2.05) is 42.9 Å². The Labute approximate surface area is 99.6 Å². The summed E-state index contributed by atoms with van der Waals surface area (Å²) in [6, 6.07) is 5.61. The zero-order chi connectivity index (χ0) is 11.5. The highest BCUT2D eigenvalue weighted by Crippen LogP contribution is 2.23. The van der Waals surface area contributed by atoms with Crippen LogP contribution >= 0.6 is 11.6 Å². The number of ether oxygens (including phenoxy) is 1. The van der Waals surface area contributed by atoms with Gasteiger partial charge in [0.1, 0.15) is 18.2 Å². The first-order chi connectivity index (χ1) is 7.66. The van der Waals surface area contributed by atoms with Crippen molar-refractivity contribution in [2.24, 2.45) is 7.05 Å². The van der Waals surface area contributed by atoms with E-state index in [1.165, 1.54) is 0 Å². The van der Waals surface area contributed by atoms with E-state index in [1.54, 1.807) is 6.20 Å². The first-order valence-corrected chi connectivity index (χ1v) is 5.40. The lowest BCUT2D eigenvalue weighted by molar-refractivity contribution is 0.290. The second kappa shape index (κ2) is 4.58. The number of imidazole rings is 1. The number of rotatable bonds is 3. The number of halogens is 1. The van der Waals surface area contributed by atoms with E-state index in [0.29, 0.717) is 11.6 Å². The lowest BCUT2D eigenvalue weighted by atomic mass is 10.2. The zero-order valence-electron chi connectivity index (χ0n) is 9.27. The van der Waals surface area contributed by atoms with E-state index in [-0.39, 0.29) is 0 Å². The molecule has 0 N–H and O–H groups in total. The van der Waals surface area contributed by atoms with E-state index in [9.17, 15) is 0 Å². The van der Waals surface area contributed by atoms with Crippen molar-refractivity contribution in [3.05, 3.63) is 47.0 Å². The summed E-state index contributed by atoms with van der Waals surface area (Å²) in [5.74, 6) is 1.69. The SMILES string of the molecule is Cc1ccc(Cl)cc1OCc1nccn1C. The molecule has 0 spiro atoms. The van der Waals surface area contributed by atoms with Crippen molar-refractivity contribution in [2.45, 2.75) is 13.5 Å². The van der Waals surface area contributed by atoms with Gasteiger partial charge in [0.2, 0.25) is 0 Å². The Morgan fingerprint density at radius 3 is 2.94 bits per heavy atom. The van der Waals surface area contributed by atoms with Crippen molar-refractivity contribution in [1.82, 2.24) is 9.55 Å². The van der Waals surface area contributed by atoms with Gasteiger partial charge in [-0.2, -0.15) is 0 Å². The highest BCUT2D eigenvalue weighted by atomic mass is 35.5. The van der Waals surface area contributed by atoms with Crippen LogP contribution in [0.2, 0.25) is 5.02 Å². The Morgan fingerprint density at radius 1 is 1.44 bits per heavy atom. The number of aryl methyl sites for hydroxylation is 2. The molecule has 84 valence electrons. The Hall–Kier alpha value is -1.48. The fourth-order valence-corrected chi connectivity index (χ4v) is 1.57. The maximum Gasteiger partial charge on any atom is 0.146 e. The zero-order valence-corrected chi connectivity index (χ0v) is 10.0. The molecule has 16 heavy (non-hydrogen) atoms. The molecule has 0 radical (unpaired) electrons. The van der Waals surface area contributed by atoms with E-state index in [4.69, 9.17) is 16.3 Å². The van der Waals surface area contributed by atoms with Crippen LogP contribution in [0.15, 0.2) is 30.6 Å². The molecule has 0 aliphatic rings. The van der Waals surface area contributed by atoms with Gasteiger partial charge >= 0.3 is 0 Å². The predicted molar refractivity (Wildman–Crippen MR) is 63.7 cm³/mol. The molecule has 0 atom stereocenters. The standard InChI is InChI=1S/C12H13ClN2O/c1-9-3-4-10(13)7-11(9)16-8-12-14-5-6-15(12)2/h3-7H,8H2,1-2H3. The molecule has 0 aliphatic carbocycles. The van der Waals surface area contributed by atoms with Gasteiger partial charge in [-0.25, -0.2) is 4.98 Å². The Bertz CT molecular complexity index is 494. The molecule has 0 saturated heterocycles. The van der Waals surface area contributed by atoms with Gasteiger partial charge in [-0.3, -0.25) is 0 Å². The van der Waals surface area contributed by atoms with Gasteiger partial charge in [0.25, 0.3) is 0 Å². The topological polar surface area (TPSA) is 27.1 Å². The van der Waals surface area contributed by atoms with Gasteiger partial charge in [-0.1, -0.05) is 17.7 Å². The van der Waals surface area contributed by atoms with Crippen LogP contribution in [0.4, 0.5) is 0 Å². The minimum atomic E-state index is 0.449. The molecule has 3 nitrogen and oxygen atoms in total. The normalized spacial score (nSPS) is 10.4. The van der Waals surface area contributed by atoms with Gasteiger partial charge in [0, 0.05) is 24.5 Å². The minimum absolute atomic E-state index is 0.449. The number of nitrogens with zero attached hydrogens (tertiary/aromatic N) is 2. The summed E-state index contributed by atoms with van der Waals surface area (Å²) in [6.45, 7) is 2.44. The second-order valence-corrected chi connectivity index (χ2v) is 4.09. The third-order valence-corrected chi connectivity index (χ3v) is 2.66. The molecule has 0 aliphatic heterocycles. The molecule has 0 bridgehead atoms. The molecule has 2 aromatic rings. The molecule has 1 aromatic carbocycles. The molecule has 0 saturated carbocycles. The van der Waals surface area contributed by atoms with Crippen molar-refractivity contribution < 1.29 is 4.74 Å². The molecule has 0 fully saturated rings. The Kier molecular flexibility index (Phi) is 3.15. The number of aromatic nitrogens is 2. The van der Waals surface area contributed by atoms with E-state index in [0.717, 1.165) is 17.1 Å². The predicted octanol–water partition coefficient (Wildman–Crippen LogP) is 2.96. The van der Waals surface area contributed by atoms with Crippen molar-refractivity contribution in [1.29, 1.82) is 0 Å². The summed E-state index contributed by atoms with van der Waals surface area (Å²) in [5.41, 5.74) is 1.07. The van der Waals surface area contributed by atoms with Gasteiger partial charge in [-0.15, -0.1) is 0 Å². The van der Waals surface area contributed by atoms with Gasteiger partial charge in [0.05, 0.1) is 0 Å². The highest BCUT2D eigenvalue weighted by Gasteiger charge is 2.03. The first kappa shape index (κ1) is 11.0. The fraction of sp³-hybridized carbons (Fsp3) is 0.250. The van der Waals surface area contributed by atoms with Gasteiger partial charge in [0.15, 0.2) is 0 Å². The molecular formula is C12H13ClN2O. The summed E-state index contributed by atoms with van der Waals surface area (Å²) in [7, 11) is 1.94. The third kappa shape index (κ3) is 2.36. The smallest absolute Gasteiger partial charge is 0.146 e. The molecule has 1 aromatic heterocycles. The fourth-order valence-electron chi connectivity index (χ4n) is 1.41. The van der Waals surface area contributed by atoms with Gasteiger partial charge < -0.3 is 9.30 Å². The lowest BCUT2D eigenvalue weighted by Gasteiger charge is -2.09. The van der Waals surface area contributed by atoms with Gasteiger partial charge in [-0.05, 0) is 24.6 Å². The average molecular weight is 237 g/mol. The molecule has 0 amide bonds. The molecule has 0 unspecified atom stereocenters. The maximum atomic E-state index is 5.91. The van der Waals surface area contributed by atoms with Crippen molar-refractivity contribution in [3.63, 3.8) is 0 Å². The Balaban J connectivity index is 2.10. The van der Waals surface area contributed by atoms with E-state index in [2.05, 4.69) is 4.98 Å². The third-order valence-electron chi connectivity index (χ3n) is 2.43. The van der Waals surface area contributed by atoms with Crippen molar-refractivity contribution in [3.8, 4) is 5.75 Å². The van der Waals surface area contributed by atoms with Crippen LogP contribution in [0.1, 0.15) is 11.4 Å². The van der Waals surface area contributed by atoms with Crippen LogP contribution in [0.3, 0.4) is 0 Å². The molecule has 4 heteroatoms. The molecule has 1 heterocycles. The number of hydrogen-bond acceptors (Lipinski definition) is 2. The number of benzene rings is 1. The van der Waals surface area contributed by atoms with Crippen LogP contribution in [-0.4, -0.2) is 9.55 Å². The van der Waals surface area contributed by atoms with Crippen molar-refractivity contribution in [2.75, 3.05) is 0 Å². The van der Waals surface area contributed by atoms with Crippen LogP contribution in [0.25, 0.3) is 0 Å². The van der Waals surface area contributed by atoms with E-state index >= 15 is 0 Å². The minimum Gasteiger partial charge on any atom is -0.485 e. The van der Waals surface area contributed by atoms with Crippen molar-refractivity contribution >= 4 is 11.6 Å². The van der Waals surface area contributed by atoms with Crippen LogP contribution in [0, 0.1) is 6.92 Å². The molecular weight excluding hydrogens is 224 g/mol. The summed E-state index contributed by atoms with van der Waals surface area (Å²) in [5, 5.41) is 0.681. The largest absolute Gasteiger partial charge is 0.485 e. The van der Waals surface area contributed by atoms with Crippen LogP contribution < -0.4 is 4.74 Å². The highest BCUT2D eigenvalue weighted by molar-refractivity contribution is 6.30. The quantitative estimate of drug-likeness (QED) is 0.819. The average Bonchev–Trinajstić information content (AvgIpc) is 2.66. The van der Waals surface area contributed by atoms with Crippen LogP contribution in [-0.2, 0) is 13.7 Å². The molecule has 2 rings (SSSR count). The summed E-state index contributed by atoms with van der Waals surface area (Å²) in [4.78, 5) is 4.19. The first-order valence-electron chi connectivity index (χ1n) is 5.02. The second-order valence-electron chi connectivity index (χ2n) is 3.65. The summed E-state index contributed by atoms with van der Waals surface area (Å²) in [6.07, 6.45) is 3.65. The van der Waals surface area contributed by atoms with Crippen LogP contribution in [0.5, 0.6) is 5.75 Å². The maximum absolute atomic E-state index is 5.91. The lowest BCUT2D eigenvalue weighted by Crippen LogP contribution is -2.03.